The molecule has 2 atom stereocenters. The van der Waals surface area contributed by atoms with Gasteiger partial charge in [0, 0.05) is 10.9 Å². The number of benzene rings is 1. The Bertz CT molecular complexity index is 590. The molecule has 116 valence electrons. The van der Waals surface area contributed by atoms with E-state index in [2.05, 4.69) is 26.1 Å². The van der Waals surface area contributed by atoms with Gasteiger partial charge >= 0.3 is 0 Å². The normalized spacial score (nSPS) is 14.5. The van der Waals surface area contributed by atoms with Gasteiger partial charge in [0.05, 0.1) is 6.04 Å². The SMILES string of the molecule is CCCC(C)CC(NCC)c1oc2ccc(F)cc2c1C. The van der Waals surface area contributed by atoms with Crippen molar-refractivity contribution in [3.8, 4) is 0 Å². The van der Waals surface area contributed by atoms with Gasteiger partial charge < -0.3 is 9.73 Å². The lowest BCUT2D eigenvalue weighted by Crippen LogP contribution is -2.23. The lowest BCUT2D eigenvalue weighted by atomic mass is 9.94. The molecular weight excluding hydrogens is 265 g/mol. The van der Waals surface area contributed by atoms with E-state index in [1.807, 2.05) is 6.92 Å². The molecular formula is C18H26FNO. The molecule has 0 bridgehead atoms. The molecule has 0 saturated carbocycles. The molecule has 0 fully saturated rings. The fourth-order valence-corrected chi connectivity index (χ4v) is 3.09. The van der Waals surface area contributed by atoms with E-state index in [0.29, 0.717) is 5.92 Å². The number of aryl methyl sites for hydroxylation is 1. The Morgan fingerprint density at radius 2 is 2.05 bits per heavy atom. The summed E-state index contributed by atoms with van der Waals surface area (Å²) >= 11 is 0. The maximum atomic E-state index is 13.4. The van der Waals surface area contributed by atoms with Crippen molar-refractivity contribution in [2.24, 2.45) is 5.92 Å². The van der Waals surface area contributed by atoms with Crippen molar-refractivity contribution in [2.45, 2.75) is 53.0 Å². The first kappa shape index (κ1) is 16.0. The van der Waals surface area contributed by atoms with Crippen molar-refractivity contribution < 1.29 is 8.81 Å². The Morgan fingerprint density at radius 3 is 2.71 bits per heavy atom. The van der Waals surface area contributed by atoms with Gasteiger partial charge in [0.2, 0.25) is 0 Å². The zero-order chi connectivity index (χ0) is 15.4. The number of halogens is 1. The number of fused-ring (bicyclic) bond motifs is 1. The maximum Gasteiger partial charge on any atom is 0.134 e. The van der Waals surface area contributed by atoms with Gasteiger partial charge in [-0.05, 0) is 44.0 Å². The minimum atomic E-state index is -0.211. The van der Waals surface area contributed by atoms with Crippen molar-refractivity contribution >= 4 is 11.0 Å². The van der Waals surface area contributed by atoms with Crippen LogP contribution in [0.4, 0.5) is 4.39 Å². The molecule has 2 rings (SSSR count). The Morgan fingerprint density at radius 1 is 1.29 bits per heavy atom. The molecule has 2 aromatic rings. The molecule has 1 N–H and O–H groups in total. The second-order valence-corrected chi connectivity index (χ2v) is 5.97. The number of rotatable bonds is 7. The van der Waals surface area contributed by atoms with E-state index >= 15 is 0 Å². The van der Waals surface area contributed by atoms with Crippen LogP contribution in [-0.4, -0.2) is 6.54 Å². The van der Waals surface area contributed by atoms with Crippen LogP contribution in [0.5, 0.6) is 0 Å². The zero-order valence-corrected chi connectivity index (χ0v) is 13.5. The molecule has 2 nitrogen and oxygen atoms in total. The molecule has 0 aliphatic carbocycles. The summed E-state index contributed by atoms with van der Waals surface area (Å²) in [6.45, 7) is 9.53. The molecule has 3 heteroatoms. The molecule has 0 amide bonds. The first-order valence-corrected chi connectivity index (χ1v) is 7.98. The van der Waals surface area contributed by atoms with E-state index in [1.54, 1.807) is 12.1 Å². The van der Waals surface area contributed by atoms with Crippen molar-refractivity contribution in [3.63, 3.8) is 0 Å². The van der Waals surface area contributed by atoms with Gasteiger partial charge in [-0.2, -0.15) is 0 Å². The van der Waals surface area contributed by atoms with Crippen molar-refractivity contribution in [1.29, 1.82) is 0 Å². The van der Waals surface area contributed by atoms with Crippen LogP contribution in [-0.2, 0) is 0 Å². The Balaban J connectivity index is 2.33. The van der Waals surface area contributed by atoms with Crippen molar-refractivity contribution in [3.05, 3.63) is 35.3 Å². The number of nitrogens with one attached hydrogen (secondary N) is 1. The lowest BCUT2D eigenvalue weighted by Gasteiger charge is -2.20. The highest BCUT2D eigenvalue weighted by Crippen LogP contribution is 2.33. The summed E-state index contributed by atoms with van der Waals surface area (Å²) in [5.41, 5.74) is 1.83. The van der Waals surface area contributed by atoms with Gasteiger partial charge in [0.15, 0.2) is 0 Å². The smallest absolute Gasteiger partial charge is 0.134 e. The van der Waals surface area contributed by atoms with Crippen LogP contribution < -0.4 is 5.32 Å². The predicted octanol–water partition coefficient (Wildman–Crippen LogP) is 5.36. The zero-order valence-electron chi connectivity index (χ0n) is 13.5. The van der Waals surface area contributed by atoms with Gasteiger partial charge in [-0.25, -0.2) is 4.39 Å². The minimum Gasteiger partial charge on any atom is -0.459 e. The molecule has 0 aliphatic rings. The van der Waals surface area contributed by atoms with Crippen LogP contribution in [0.25, 0.3) is 11.0 Å². The van der Waals surface area contributed by atoms with Gasteiger partial charge in [0.25, 0.3) is 0 Å². The molecule has 0 saturated heterocycles. The first-order valence-electron chi connectivity index (χ1n) is 7.98. The second-order valence-electron chi connectivity index (χ2n) is 5.97. The number of hydrogen-bond acceptors (Lipinski definition) is 2. The van der Waals surface area contributed by atoms with Gasteiger partial charge in [-0.15, -0.1) is 0 Å². The Hall–Kier alpha value is -1.35. The molecule has 0 radical (unpaired) electrons. The quantitative estimate of drug-likeness (QED) is 0.743. The number of hydrogen-bond donors (Lipinski definition) is 1. The van der Waals surface area contributed by atoms with Gasteiger partial charge in [-0.1, -0.05) is 33.6 Å². The van der Waals surface area contributed by atoms with Crippen LogP contribution in [0.2, 0.25) is 0 Å². The van der Waals surface area contributed by atoms with E-state index < -0.39 is 0 Å². The van der Waals surface area contributed by atoms with Crippen LogP contribution >= 0.6 is 0 Å². The summed E-state index contributed by atoms with van der Waals surface area (Å²) < 4.78 is 19.4. The Kier molecular flexibility index (Phi) is 5.40. The third-order valence-electron chi connectivity index (χ3n) is 4.12. The van der Waals surface area contributed by atoms with Gasteiger partial charge in [0.1, 0.15) is 17.2 Å². The monoisotopic (exact) mass is 291 g/mol. The molecule has 2 unspecified atom stereocenters. The van der Waals surface area contributed by atoms with E-state index in [9.17, 15) is 4.39 Å². The standard InChI is InChI=1S/C18H26FNO/c1-5-7-12(3)10-16(20-6-2)18-13(4)15-11-14(19)8-9-17(15)21-18/h8-9,11-12,16,20H,5-7,10H2,1-4H3. The second kappa shape index (κ2) is 7.08. The molecule has 1 heterocycles. The van der Waals surface area contributed by atoms with Gasteiger partial charge in [-0.3, -0.25) is 0 Å². The summed E-state index contributed by atoms with van der Waals surface area (Å²) in [7, 11) is 0. The van der Waals surface area contributed by atoms with Crippen LogP contribution in [0.3, 0.4) is 0 Å². The lowest BCUT2D eigenvalue weighted by molar-refractivity contribution is 0.350. The van der Waals surface area contributed by atoms with E-state index in [1.165, 1.54) is 18.9 Å². The van der Waals surface area contributed by atoms with Crippen LogP contribution in [0.15, 0.2) is 22.6 Å². The number of furan rings is 1. The molecule has 0 spiro atoms. The predicted molar refractivity (Wildman–Crippen MR) is 86.0 cm³/mol. The third-order valence-corrected chi connectivity index (χ3v) is 4.12. The molecule has 0 aliphatic heterocycles. The molecule has 21 heavy (non-hydrogen) atoms. The van der Waals surface area contributed by atoms with E-state index in [4.69, 9.17) is 4.42 Å². The topological polar surface area (TPSA) is 25.2 Å². The van der Waals surface area contributed by atoms with Crippen LogP contribution in [0, 0.1) is 18.7 Å². The highest BCUT2D eigenvalue weighted by Gasteiger charge is 2.21. The largest absolute Gasteiger partial charge is 0.459 e. The summed E-state index contributed by atoms with van der Waals surface area (Å²) in [5, 5.41) is 4.40. The molecule has 1 aromatic carbocycles. The van der Waals surface area contributed by atoms with Crippen molar-refractivity contribution in [1.82, 2.24) is 5.32 Å². The van der Waals surface area contributed by atoms with E-state index in [0.717, 1.165) is 35.3 Å². The van der Waals surface area contributed by atoms with E-state index in [-0.39, 0.29) is 11.9 Å². The average molecular weight is 291 g/mol. The summed E-state index contributed by atoms with van der Waals surface area (Å²) in [5.74, 6) is 1.39. The van der Waals surface area contributed by atoms with Crippen LogP contribution in [0.1, 0.15) is 57.4 Å². The fraction of sp³-hybridized carbons (Fsp3) is 0.556. The minimum absolute atomic E-state index is 0.201. The fourth-order valence-electron chi connectivity index (χ4n) is 3.09. The summed E-state index contributed by atoms with van der Waals surface area (Å²) in [6, 6.07) is 4.94. The van der Waals surface area contributed by atoms with Crippen molar-refractivity contribution in [2.75, 3.05) is 6.54 Å². The summed E-state index contributed by atoms with van der Waals surface area (Å²) in [4.78, 5) is 0. The third kappa shape index (κ3) is 3.65. The maximum absolute atomic E-state index is 13.4. The highest BCUT2D eigenvalue weighted by atomic mass is 19.1. The molecule has 1 aromatic heterocycles. The average Bonchev–Trinajstić information content (AvgIpc) is 2.76. The first-order chi connectivity index (χ1) is 10.1. The highest BCUT2D eigenvalue weighted by molar-refractivity contribution is 5.82. The summed E-state index contributed by atoms with van der Waals surface area (Å²) in [6.07, 6.45) is 3.46. The Labute approximate surface area is 126 Å².